The van der Waals surface area contributed by atoms with Gasteiger partial charge in [-0.2, -0.15) is 0 Å². The Bertz CT molecular complexity index is 605. The molecule has 0 bridgehead atoms. The van der Waals surface area contributed by atoms with Gasteiger partial charge >= 0.3 is 0 Å². The normalized spacial score (nSPS) is 10.2. The lowest BCUT2D eigenvalue weighted by atomic mass is 10.2. The molecule has 0 radical (unpaired) electrons. The fraction of sp³-hybridized carbons (Fsp3) is 0.267. The van der Waals surface area contributed by atoms with Gasteiger partial charge in [0.25, 0.3) is 5.91 Å². The van der Waals surface area contributed by atoms with Crippen molar-refractivity contribution in [2.75, 3.05) is 17.2 Å². The molecule has 104 valence electrons. The minimum Gasteiger partial charge on any atom is -0.370 e. The van der Waals surface area contributed by atoms with E-state index in [-0.39, 0.29) is 5.91 Å². The predicted molar refractivity (Wildman–Crippen MR) is 80.1 cm³/mol. The molecule has 0 aliphatic carbocycles. The molecule has 0 aliphatic heterocycles. The van der Waals surface area contributed by atoms with Gasteiger partial charge < -0.3 is 10.6 Å². The first-order valence-corrected chi connectivity index (χ1v) is 6.56. The molecule has 0 saturated heterocycles. The zero-order valence-corrected chi connectivity index (χ0v) is 11.9. The number of hydrogen-bond acceptors (Lipinski definition) is 4. The van der Waals surface area contributed by atoms with E-state index < -0.39 is 0 Å². The number of pyridine rings is 2. The van der Waals surface area contributed by atoms with E-state index in [4.69, 9.17) is 0 Å². The van der Waals surface area contributed by atoms with Crippen LogP contribution in [0.1, 0.15) is 28.7 Å². The van der Waals surface area contributed by atoms with Crippen molar-refractivity contribution in [3.63, 3.8) is 0 Å². The van der Waals surface area contributed by atoms with Crippen molar-refractivity contribution in [3.8, 4) is 0 Å². The summed E-state index contributed by atoms with van der Waals surface area (Å²) in [6.07, 6.45) is 0. The fourth-order valence-corrected chi connectivity index (χ4v) is 1.93. The zero-order chi connectivity index (χ0) is 14.5. The van der Waals surface area contributed by atoms with E-state index in [0.29, 0.717) is 17.3 Å². The first-order chi connectivity index (χ1) is 9.58. The summed E-state index contributed by atoms with van der Waals surface area (Å²) in [4.78, 5) is 20.7. The minimum absolute atomic E-state index is 0.262. The van der Waals surface area contributed by atoms with Crippen molar-refractivity contribution in [3.05, 3.63) is 47.3 Å². The van der Waals surface area contributed by atoms with E-state index in [0.717, 1.165) is 17.8 Å². The van der Waals surface area contributed by atoms with Crippen LogP contribution in [0.3, 0.4) is 0 Å². The molecule has 5 heteroatoms. The molecule has 0 fully saturated rings. The van der Waals surface area contributed by atoms with Gasteiger partial charge in [-0.15, -0.1) is 0 Å². The number of aromatic nitrogens is 2. The van der Waals surface area contributed by atoms with Gasteiger partial charge in [0.2, 0.25) is 0 Å². The Morgan fingerprint density at radius 1 is 1.15 bits per heavy atom. The van der Waals surface area contributed by atoms with Gasteiger partial charge in [-0.25, -0.2) is 9.97 Å². The van der Waals surface area contributed by atoms with Crippen molar-refractivity contribution in [1.82, 2.24) is 9.97 Å². The molecule has 0 atom stereocenters. The van der Waals surface area contributed by atoms with Crippen LogP contribution in [-0.2, 0) is 0 Å². The number of amides is 1. The predicted octanol–water partition coefficient (Wildman–Crippen LogP) is 2.78. The maximum Gasteiger partial charge on any atom is 0.275 e. The maximum atomic E-state index is 12.2. The lowest BCUT2D eigenvalue weighted by Gasteiger charge is -2.07. The number of rotatable bonds is 4. The van der Waals surface area contributed by atoms with Gasteiger partial charge in [-0.1, -0.05) is 6.07 Å². The second-order valence-electron chi connectivity index (χ2n) is 4.56. The standard InChI is InChI=1S/C15H18N4O/c1-4-16-13-7-5-6-12(18-13)15(20)19-14-9-10(2)8-11(3)17-14/h5-9H,4H2,1-3H3,(H,16,18)(H,17,19,20). The third kappa shape index (κ3) is 3.54. The van der Waals surface area contributed by atoms with Crippen LogP contribution in [0, 0.1) is 13.8 Å². The summed E-state index contributed by atoms with van der Waals surface area (Å²) >= 11 is 0. The largest absolute Gasteiger partial charge is 0.370 e. The van der Waals surface area contributed by atoms with E-state index in [1.54, 1.807) is 12.1 Å². The number of anilines is 2. The van der Waals surface area contributed by atoms with E-state index in [9.17, 15) is 4.79 Å². The Morgan fingerprint density at radius 3 is 2.65 bits per heavy atom. The van der Waals surface area contributed by atoms with Crippen LogP contribution in [0.2, 0.25) is 0 Å². The van der Waals surface area contributed by atoms with Gasteiger partial charge in [0.1, 0.15) is 17.3 Å². The molecule has 0 saturated carbocycles. The Morgan fingerprint density at radius 2 is 1.95 bits per heavy atom. The Hall–Kier alpha value is -2.43. The Balaban J connectivity index is 2.17. The highest BCUT2D eigenvalue weighted by Crippen LogP contribution is 2.11. The Kier molecular flexibility index (Phi) is 4.30. The number of carbonyl (C=O) groups excluding carboxylic acids is 1. The zero-order valence-electron chi connectivity index (χ0n) is 11.9. The van der Waals surface area contributed by atoms with E-state index in [2.05, 4.69) is 20.6 Å². The van der Waals surface area contributed by atoms with Gasteiger partial charge in [-0.3, -0.25) is 4.79 Å². The van der Waals surface area contributed by atoms with Gasteiger partial charge in [0, 0.05) is 12.2 Å². The lowest BCUT2D eigenvalue weighted by Crippen LogP contribution is -2.15. The SMILES string of the molecule is CCNc1cccc(C(=O)Nc2cc(C)cc(C)n2)n1. The first kappa shape index (κ1) is 14.0. The second kappa shape index (κ2) is 6.14. The highest BCUT2D eigenvalue weighted by Gasteiger charge is 2.09. The summed E-state index contributed by atoms with van der Waals surface area (Å²) in [5.41, 5.74) is 2.29. The summed E-state index contributed by atoms with van der Waals surface area (Å²) in [6, 6.07) is 9.10. The third-order valence-corrected chi connectivity index (χ3v) is 2.68. The summed E-state index contributed by atoms with van der Waals surface area (Å²) in [5.74, 6) is 0.971. The van der Waals surface area contributed by atoms with Crippen LogP contribution >= 0.6 is 0 Å². The number of nitrogens with one attached hydrogen (secondary N) is 2. The summed E-state index contributed by atoms with van der Waals surface area (Å²) in [7, 11) is 0. The fourth-order valence-electron chi connectivity index (χ4n) is 1.93. The molecule has 0 unspecified atom stereocenters. The summed E-state index contributed by atoms with van der Waals surface area (Å²) in [5, 5.41) is 5.85. The van der Waals surface area contributed by atoms with Crippen molar-refractivity contribution in [1.29, 1.82) is 0 Å². The van der Waals surface area contributed by atoms with Crippen LogP contribution in [-0.4, -0.2) is 22.4 Å². The number of nitrogens with zero attached hydrogens (tertiary/aromatic N) is 2. The molecule has 2 aromatic heterocycles. The molecule has 2 N–H and O–H groups in total. The van der Waals surface area contributed by atoms with Crippen LogP contribution in [0.25, 0.3) is 0 Å². The topological polar surface area (TPSA) is 66.9 Å². The maximum absolute atomic E-state index is 12.2. The molecule has 2 aromatic rings. The quantitative estimate of drug-likeness (QED) is 0.896. The average Bonchev–Trinajstić information content (AvgIpc) is 2.38. The molecule has 0 aromatic carbocycles. The molecule has 5 nitrogen and oxygen atoms in total. The van der Waals surface area contributed by atoms with Gasteiger partial charge in [-0.05, 0) is 50.6 Å². The molecular formula is C15H18N4O. The summed E-state index contributed by atoms with van der Waals surface area (Å²) < 4.78 is 0. The molecule has 20 heavy (non-hydrogen) atoms. The molecule has 0 aliphatic rings. The second-order valence-corrected chi connectivity index (χ2v) is 4.56. The molecular weight excluding hydrogens is 252 g/mol. The van der Waals surface area contributed by atoms with E-state index >= 15 is 0 Å². The van der Waals surface area contributed by atoms with Crippen molar-refractivity contribution in [2.24, 2.45) is 0 Å². The van der Waals surface area contributed by atoms with Gasteiger partial charge in [0.05, 0.1) is 0 Å². The number of aryl methyl sites for hydroxylation is 2. The monoisotopic (exact) mass is 270 g/mol. The highest BCUT2D eigenvalue weighted by molar-refractivity contribution is 6.02. The number of carbonyl (C=O) groups is 1. The smallest absolute Gasteiger partial charge is 0.275 e. The minimum atomic E-state index is -0.262. The van der Waals surface area contributed by atoms with E-state index in [1.807, 2.05) is 39.0 Å². The van der Waals surface area contributed by atoms with Crippen molar-refractivity contribution < 1.29 is 4.79 Å². The molecule has 0 spiro atoms. The average molecular weight is 270 g/mol. The molecule has 2 rings (SSSR count). The van der Waals surface area contributed by atoms with Crippen LogP contribution in [0.5, 0.6) is 0 Å². The third-order valence-electron chi connectivity index (χ3n) is 2.68. The van der Waals surface area contributed by atoms with Gasteiger partial charge in [0.15, 0.2) is 0 Å². The van der Waals surface area contributed by atoms with Crippen molar-refractivity contribution in [2.45, 2.75) is 20.8 Å². The van der Waals surface area contributed by atoms with Crippen LogP contribution in [0.15, 0.2) is 30.3 Å². The van der Waals surface area contributed by atoms with E-state index in [1.165, 1.54) is 0 Å². The highest BCUT2D eigenvalue weighted by atomic mass is 16.1. The van der Waals surface area contributed by atoms with Crippen LogP contribution < -0.4 is 10.6 Å². The lowest BCUT2D eigenvalue weighted by molar-refractivity contribution is 0.102. The summed E-state index contributed by atoms with van der Waals surface area (Å²) in [6.45, 7) is 6.60. The number of hydrogen-bond donors (Lipinski definition) is 2. The van der Waals surface area contributed by atoms with Crippen molar-refractivity contribution >= 4 is 17.5 Å². The Labute approximate surface area is 118 Å². The molecule has 2 heterocycles. The first-order valence-electron chi connectivity index (χ1n) is 6.56. The van der Waals surface area contributed by atoms with Crippen LogP contribution in [0.4, 0.5) is 11.6 Å². The molecule has 1 amide bonds.